The second-order valence-electron chi connectivity index (χ2n) is 5.24. The van der Waals surface area contributed by atoms with Gasteiger partial charge in [0.1, 0.15) is 6.29 Å². The highest BCUT2D eigenvalue weighted by atomic mass is 32.2. The van der Waals surface area contributed by atoms with Crippen molar-refractivity contribution in [1.82, 2.24) is 5.06 Å². The highest BCUT2D eigenvalue weighted by Crippen LogP contribution is 2.19. The molecule has 0 saturated carbocycles. The Morgan fingerprint density at radius 3 is 2.15 bits per heavy atom. The first-order valence-electron chi connectivity index (χ1n) is 7.98. The van der Waals surface area contributed by atoms with Gasteiger partial charge >= 0.3 is 5.97 Å². The summed E-state index contributed by atoms with van der Waals surface area (Å²) in [7, 11) is -4.76. The van der Waals surface area contributed by atoms with Gasteiger partial charge in [-0.2, -0.15) is 8.42 Å². The Bertz CT molecular complexity index is 633. The van der Waals surface area contributed by atoms with Crippen LogP contribution in [0.4, 0.5) is 0 Å². The molecule has 0 spiro atoms. The number of hydrogen-bond donors (Lipinski definition) is 1. The second-order valence-corrected chi connectivity index (χ2v) is 6.84. The predicted molar refractivity (Wildman–Crippen MR) is 85.7 cm³/mol. The first-order chi connectivity index (χ1) is 12.8. The third-order valence-electron chi connectivity index (χ3n) is 3.19. The van der Waals surface area contributed by atoms with Gasteiger partial charge in [0.15, 0.2) is 5.25 Å². The van der Waals surface area contributed by atoms with E-state index in [2.05, 4.69) is 4.84 Å². The number of hydrogen-bond acceptors (Lipinski definition) is 10. The summed E-state index contributed by atoms with van der Waals surface area (Å²) in [4.78, 5) is 49.3. The Morgan fingerprint density at radius 2 is 1.63 bits per heavy atom. The summed E-state index contributed by atoms with van der Waals surface area (Å²) in [6.07, 6.45) is -0.00749. The highest BCUT2D eigenvalue weighted by Gasteiger charge is 2.48. The van der Waals surface area contributed by atoms with E-state index in [4.69, 9.17) is 18.8 Å². The number of ether oxygens (including phenoxy) is 3. The molecule has 1 rings (SSSR count). The molecule has 0 aromatic carbocycles. The van der Waals surface area contributed by atoms with E-state index in [0.29, 0.717) is 26.2 Å². The number of nitrogens with zero attached hydrogens (tertiary/aromatic N) is 1. The third kappa shape index (κ3) is 8.53. The summed E-state index contributed by atoms with van der Waals surface area (Å²) in [5.74, 6) is -3.33. The van der Waals surface area contributed by atoms with Crippen molar-refractivity contribution >= 4 is 34.2 Å². The van der Waals surface area contributed by atoms with E-state index in [1.165, 1.54) is 0 Å². The fourth-order valence-electron chi connectivity index (χ4n) is 1.89. The second kappa shape index (κ2) is 11.7. The average molecular weight is 411 g/mol. The lowest BCUT2D eigenvalue weighted by atomic mass is 10.4. The summed E-state index contributed by atoms with van der Waals surface area (Å²) >= 11 is 0. The molecule has 0 radical (unpaired) electrons. The molecule has 1 unspecified atom stereocenters. The fourth-order valence-corrected chi connectivity index (χ4v) is 2.59. The zero-order valence-corrected chi connectivity index (χ0v) is 15.2. The smallest absolute Gasteiger partial charge is 0.335 e. The Morgan fingerprint density at radius 1 is 1.07 bits per heavy atom. The summed E-state index contributed by atoms with van der Waals surface area (Å²) in [6, 6.07) is 0. The van der Waals surface area contributed by atoms with Crippen LogP contribution < -0.4 is 0 Å². The first kappa shape index (κ1) is 23.1. The van der Waals surface area contributed by atoms with Crippen molar-refractivity contribution in [3.8, 4) is 0 Å². The minimum absolute atomic E-state index is 0.0362. The lowest BCUT2D eigenvalue weighted by Gasteiger charge is -2.13. The highest BCUT2D eigenvalue weighted by molar-refractivity contribution is 7.87. The van der Waals surface area contributed by atoms with Crippen LogP contribution in [-0.4, -0.2) is 87.0 Å². The van der Waals surface area contributed by atoms with Crippen molar-refractivity contribution in [2.24, 2.45) is 0 Å². The van der Waals surface area contributed by atoms with Crippen LogP contribution in [-0.2, 0) is 48.3 Å². The number of rotatable bonds is 14. The number of hydroxylamine groups is 2. The molecule has 13 heteroatoms. The van der Waals surface area contributed by atoms with Crippen molar-refractivity contribution in [1.29, 1.82) is 0 Å². The molecule has 1 atom stereocenters. The van der Waals surface area contributed by atoms with Crippen LogP contribution in [0.15, 0.2) is 0 Å². The maximum atomic E-state index is 11.7. The molecule has 0 aromatic rings. The van der Waals surface area contributed by atoms with Crippen LogP contribution in [0.1, 0.15) is 19.3 Å². The Balaban J connectivity index is 2.12. The van der Waals surface area contributed by atoms with Gasteiger partial charge in [-0.1, -0.05) is 0 Å². The normalized spacial score (nSPS) is 17.4. The summed E-state index contributed by atoms with van der Waals surface area (Å²) in [5.41, 5.74) is 0. The molecule has 2 amide bonds. The summed E-state index contributed by atoms with van der Waals surface area (Å²) in [5, 5.41) is -1.93. The van der Waals surface area contributed by atoms with Crippen molar-refractivity contribution in [2.75, 3.05) is 39.6 Å². The minimum Gasteiger partial charge on any atom is -0.379 e. The van der Waals surface area contributed by atoms with Crippen LogP contribution in [0.25, 0.3) is 0 Å². The van der Waals surface area contributed by atoms with E-state index in [0.717, 1.165) is 6.29 Å². The van der Waals surface area contributed by atoms with Gasteiger partial charge in [-0.05, 0) is 0 Å². The van der Waals surface area contributed by atoms with E-state index >= 15 is 0 Å². The maximum absolute atomic E-state index is 11.7. The van der Waals surface area contributed by atoms with Crippen molar-refractivity contribution < 1.29 is 51.2 Å². The zero-order valence-electron chi connectivity index (χ0n) is 14.4. The molecular formula is C14H21NO11S. The van der Waals surface area contributed by atoms with Crippen molar-refractivity contribution in [3.63, 3.8) is 0 Å². The van der Waals surface area contributed by atoms with Crippen LogP contribution in [0.5, 0.6) is 0 Å². The summed E-state index contributed by atoms with van der Waals surface area (Å²) in [6.45, 7) is 1.33. The number of carbonyl (C=O) groups is 4. The minimum atomic E-state index is -4.76. The molecular weight excluding hydrogens is 390 g/mol. The van der Waals surface area contributed by atoms with Crippen LogP contribution in [0.2, 0.25) is 0 Å². The standard InChI is InChI=1S/C14H21NO11S/c16-3-1-4-23-6-8-25-9-7-24-5-2-13(18)26-15-12(17)10-11(14(15)19)27(20,21)22/h3,11H,1-2,4-10H2,(H,20,21,22). The monoisotopic (exact) mass is 411 g/mol. The van der Waals surface area contributed by atoms with Gasteiger partial charge in [-0.15, -0.1) is 5.06 Å². The SMILES string of the molecule is O=CCCOCCOCCOCCC(=O)ON1C(=O)CC(S(=O)(=O)O)C1=O. The molecule has 1 fully saturated rings. The molecule has 27 heavy (non-hydrogen) atoms. The van der Waals surface area contributed by atoms with Crippen molar-refractivity contribution in [2.45, 2.75) is 24.5 Å². The van der Waals surface area contributed by atoms with E-state index in [9.17, 15) is 27.6 Å². The van der Waals surface area contributed by atoms with Gasteiger partial charge < -0.3 is 23.8 Å². The van der Waals surface area contributed by atoms with Crippen molar-refractivity contribution in [3.05, 3.63) is 0 Å². The molecule has 154 valence electrons. The van der Waals surface area contributed by atoms with Gasteiger partial charge in [0.2, 0.25) is 0 Å². The fraction of sp³-hybridized carbons (Fsp3) is 0.714. The Labute approximate surface area is 155 Å². The van der Waals surface area contributed by atoms with Crippen LogP contribution in [0.3, 0.4) is 0 Å². The van der Waals surface area contributed by atoms with Gasteiger partial charge in [0.05, 0.1) is 52.5 Å². The molecule has 0 aromatic heterocycles. The zero-order chi connectivity index (χ0) is 20.3. The number of amides is 2. The molecule has 12 nitrogen and oxygen atoms in total. The maximum Gasteiger partial charge on any atom is 0.335 e. The number of carbonyl (C=O) groups excluding carboxylic acids is 4. The molecule has 1 aliphatic rings. The third-order valence-corrected chi connectivity index (χ3v) is 4.28. The van der Waals surface area contributed by atoms with E-state index in [-0.39, 0.29) is 31.3 Å². The van der Waals surface area contributed by atoms with E-state index in [1.807, 2.05) is 0 Å². The predicted octanol–water partition coefficient (Wildman–Crippen LogP) is -1.51. The molecule has 0 aliphatic carbocycles. The van der Waals surface area contributed by atoms with Gasteiger partial charge in [-0.25, -0.2) is 4.79 Å². The van der Waals surface area contributed by atoms with Gasteiger partial charge in [-0.3, -0.25) is 14.1 Å². The van der Waals surface area contributed by atoms with Crippen LogP contribution in [0, 0.1) is 0 Å². The summed E-state index contributed by atoms with van der Waals surface area (Å²) < 4.78 is 46.1. The molecule has 1 aliphatic heterocycles. The first-order valence-corrected chi connectivity index (χ1v) is 9.48. The molecule has 1 heterocycles. The Hall–Kier alpha value is -1.93. The van der Waals surface area contributed by atoms with Gasteiger partial charge in [0, 0.05) is 6.42 Å². The lowest BCUT2D eigenvalue weighted by Crippen LogP contribution is -2.36. The van der Waals surface area contributed by atoms with E-state index in [1.54, 1.807) is 0 Å². The Kier molecular flexibility index (Phi) is 10.0. The quantitative estimate of drug-likeness (QED) is 0.153. The molecule has 1 saturated heterocycles. The molecule has 0 bridgehead atoms. The molecule has 1 N–H and O–H groups in total. The van der Waals surface area contributed by atoms with Crippen LogP contribution >= 0.6 is 0 Å². The van der Waals surface area contributed by atoms with Gasteiger partial charge in [0.25, 0.3) is 21.9 Å². The largest absolute Gasteiger partial charge is 0.379 e. The lowest BCUT2D eigenvalue weighted by molar-refractivity contribution is -0.198. The number of imide groups is 1. The topological polar surface area (TPSA) is 163 Å². The van der Waals surface area contributed by atoms with E-state index < -0.39 is 39.6 Å². The number of aldehydes is 1. The average Bonchev–Trinajstić information content (AvgIpc) is 2.88.